The third kappa shape index (κ3) is 3.34. The van der Waals surface area contributed by atoms with Crippen molar-refractivity contribution in [1.29, 1.82) is 0 Å². The first kappa shape index (κ1) is 14.9. The molecule has 0 aliphatic heterocycles. The third-order valence-electron chi connectivity index (χ3n) is 2.77. The standard InChI is InChI=1S/C13H12F4N2S/c1-12(18,6-8-3-2-4-9(14)5-8)10-7-19-11(20-10)13(15,16)17/h2-5,7H,6,18H2,1H3. The molecule has 20 heavy (non-hydrogen) atoms. The van der Waals surface area contributed by atoms with Gasteiger partial charge < -0.3 is 5.73 Å². The first-order valence-electron chi connectivity index (χ1n) is 5.75. The number of benzene rings is 1. The maximum Gasteiger partial charge on any atom is 0.443 e. The minimum Gasteiger partial charge on any atom is -0.321 e. The number of thiazole rings is 1. The molecule has 0 fully saturated rings. The fraction of sp³-hybridized carbons (Fsp3) is 0.308. The van der Waals surface area contributed by atoms with Gasteiger partial charge in [0.25, 0.3) is 0 Å². The SMILES string of the molecule is CC(N)(Cc1cccc(F)c1)c1cnc(C(F)(F)F)s1. The zero-order valence-electron chi connectivity index (χ0n) is 10.5. The molecule has 0 radical (unpaired) electrons. The van der Waals surface area contributed by atoms with Crippen LogP contribution in [0, 0.1) is 5.82 Å². The van der Waals surface area contributed by atoms with E-state index in [-0.39, 0.29) is 6.42 Å². The minimum atomic E-state index is -4.47. The summed E-state index contributed by atoms with van der Waals surface area (Å²) in [4.78, 5) is 3.67. The Bertz CT molecular complexity index is 604. The van der Waals surface area contributed by atoms with Crippen LogP contribution < -0.4 is 5.73 Å². The van der Waals surface area contributed by atoms with Crippen molar-refractivity contribution in [2.45, 2.75) is 25.1 Å². The maximum absolute atomic E-state index is 13.1. The zero-order valence-corrected chi connectivity index (χ0v) is 11.4. The Balaban J connectivity index is 2.24. The highest BCUT2D eigenvalue weighted by Gasteiger charge is 2.36. The number of alkyl halides is 3. The van der Waals surface area contributed by atoms with Crippen LogP contribution in [0.3, 0.4) is 0 Å². The van der Waals surface area contributed by atoms with E-state index in [1.807, 2.05) is 0 Å². The van der Waals surface area contributed by atoms with Crippen molar-refractivity contribution in [3.8, 4) is 0 Å². The number of rotatable bonds is 3. The molecule has 0 bridgehead atoms. The van der Waals surface area contributed by atoms with Gasteiger partial charge in [0.05, 0.1) is 5.54 Å². The van der Waals surface area contributed by atoms with Gasteiger partial charge in [0, 0.05) is 11.1 Å². The molecule has 1 aromatic carbocycles. The van der Waals surface area contributed by atoms with Crippen LogP contribution in [-0.2, 0) is 18.1 Å². The topological polar surface area (TPSA) is 38.9 Å². The van der Waals surface area contributed by atoms with Crippen LogP contribution in [0.2, 0.25) is 0 Å². The molecule has 1 aromatic heterocycles. The van der Waals surface area contributed by atoms with Crippen molar-refractivity contribution in [1.82, 2.24) is 4.98 Å². The monoisotopic (exact) mass is 304 g/mol. The van der Waals surface area contributed by atoms with Gasteiger partial charge >= 0.3 is 6.18 Å². The highest BCUT2D eigenvalue weighted by molar-refractivity contribution is 7.11. The Morgan fingerprint density at radius 2 is 2.00 bits per heavy atom. The lowest BCUT2D eigenvalue weighted by Gasteiger charge is -2.22. The quantitative estimate of drug-likeness (QED) is 0.878. The second-order valence-electron chi connectivity index (χ2n) is 4.75. The number of nitrogens with two attached hydrogens (primary N) is 1. The Hall–Kier alpha value is -1.47. The summed E-state index contributed by atoms with van der Waals surface area (Å²) in [5.41, 5.74) is 5.65. The normalized spacial score (nSPS) is 15.1. The van der Waals surface area contributed by atoms with Gasteiger partial charge in [0.15, 0.2) is 5.01 Å². The Labute approximate surface area is 117 Å². The summed E-state index contributed by atoms with van der Waals surface area (Å²) in [6.45, 7) is 1.60. The van der Waals surface area contributed by atoms with Crippen molar-refractivity contribution in [3.05, 3.63) is 51.7 Å². The lowest BCUT2D eigenvalue weighted by Crippen LogP contribution is -2.34. The van der Waals surface area contributed by atoms with E-state index < -0.39 is 22.5 Å². The van der Waals surface area contributed by atoms with Crippen LogP contribution in [0.4, 0.5) is 17.6 Å². The number of hydrogen-bond acceptors (Lipinski definition) is 3. The summed E-state index contributed by atoms with van der Waals surface area (Å²) < 4.78 is 50.7. The first-order chi connectivity index (χ1) is 9.18. The summed E-state index contributed by atoms with van der Waals surface area (Å²) in [6.07, 6.45) is -3.12. The van der Waals surface area contributed by atoms with Crippen LogP contribution >= 0.6 is 11.3 Å². The molecule has 108 valence electrons. The summed E-state index contributed by atoms with van der Waals surface area (Å²) >= 11 is 0.515. The van der Waals surface area contributed by atoms with Crippen molar-refractivity contribution >= 4 is 11.3 Å². The highest BCUT2D eigenvalue weighted by atomic mass is 32.1. The predicted molar refractivity (Wildman–Crippen MR) is 68.8 cm³/mol. The van der Waals surface area contributed by atoms with Gasteiger partial charge in [-0.1, -0.05) is 12.1 Å². The van der Waals surface area contributed by atoms with Crippen LogP contribution in [0.5, 0.6) is 0 Å². The molecule has 0 amide bonds. The Morgan fingerprint density at radius 3 is 2.55 bits per heavy atom. The number of nitrogens with zero attached hydrogens (tertiary/aromatic N) is 1. The van der Waals surface area contributed by atoms with Gasteiger partial charge in [-0.25, -0.2) is 9.37 Å². The Kier molecular flexibility index (Phi) is 3.84. The van der Waals surface area contributed by atoms with Crippen LogP contribution in [0.15, 0.2) is 30.5 Å². The number of halogens is 4. The fourth-order valence-electron chi connectivity index (χ4n) is 1.83. The van der Waals surface area contributed by atoms with E-state index in [0.29, 0.717) is 21.8 Å². The number of aromatic nitrogens is 1. The molecular formula is C13H12F4N2S. The van der Waals surface area contributed by atoms with Gasteiger partial charge in [-0.15, -0.1) is 11.3 Å². The fourth-order valence-corrected chi connectivity index (χ4v) is 2.67. The summed E-state index contributed by atoms with van der Waals surface area (Å²) in [5, 5.41) is -0.927. The molecule has 2 rings (SSSR count). The second kappa shape index (κ2) is 5.14. The molecule has 1 atom stereocenters. The first-order valence-corrected chi connectivity index (χ1v) is 6.57. The van der Waals surface area contributed by atoms with Gasteiger partial charge in [-0.3, -0.25) is 0 Å². The minimum absolute atomic E-state index is 0.226. The molecular weight excluding hydrogens is 292 g/mol. The van der Waals surface area contributed by atoms with Gasteiger partial charge in [0.1, 0.15) is 5.82 Å². The molecule has 2 aromatic rings. The molecule has 0 aliphatic rings. The molecule has 1 unspecified atom stereocenters. The van der Waals surface area contributed by atoms with E-state index in [0.717, 1.165) is 6.20 Å². The molecule has 0 saturated heterocycles. The average Bonchev–Trinajstić information content (AvgIpc) is 2.77. The molecule has 2 nitrogen and oxygen atoms in total. The van der Waals surface area contributed by atoms with Crippen molar-refractivity contribution in [2.24, 2.45) is 5.73 Å². The van der Waals surface area contributed by atoms with E-state index >= 15 is 0 Å². The number of hydrogen-bond donors (Lipinski definition) is 1. The van der Waals surface area contributed by atoms with Crippen LogP contribution in [0.25, 0.3) is 0 Å². The van der Waals surface area contributed by atoms with Gasteiger partial charge in [0.2, 0.25) is 0 Å². The van der Waals surface area contributed by atoms with E-state index in [1.54, 1.807) is 13.0 Å². The predicted octanol–water partition coefficient (Wildman–Crippen LogP) is 3.72. The second-order valence-corrected chi connectivity index (χ2v) is 5.78. The summed E-state index contributed by atoms with van der Waals surface area (Å²) in [5.74, 6) is -0.404. The van der Waals surface area contributed by atoms with E-state index in [2.05, 4.69) is 4.98 Å². The molecule has 1 heterocycles. The molecule has 7 heteroatoms. The summed E-state index contributed by atoms with van der Waals surface area (Å²) in [6, 6.07) is 5.83. The van der Waals surface area contributed by atoms with Crippen LogP contribution in [0.1, 0.15) is 22.4 Å². The Morgan fingerprint density at radius 1 is 1.30 bits per heavy atom. The largest absolute Gasteiger partial charge is 0.443 e. The highest BCUT2D eigenvalue weighted by Crippen LogP contribution is 2.36. The lowest BCUT2D eigenvalue weighted by molar-refractivity contribution is -0.137. The van der Waals surface area contributed by atoms with E-state index in [9.17, 15) is 17.6 Å². The van der Waals surface area contributed by atoms with Gasteiger partial charge in [-0.2, -0.15) is 13.2 Å². The smallest absolute Gasteiger partial charge is 0.321 e. The molecule has 2 N–H and O–H groups in total. The third-order valence-corrected chi connectivity index (χ3v) is 4.09. The molecule has 0 aliphatic carbocycles. The molecule has 0 spiro atoms. The average molecular weight is 304 g/mol. The maximum atomic E-state index is 13.1. The van der Waals surface area contributed by atoms with E-state index in [1.165, 1.54) is 18.2 Å². The van der Waals surface area contributed by atoms with Crippen molar-refractivity contribution in [3.63, 3.8) is 0 Å². The van der Waals surface area contributed by atoms with E-state index in [4.69, 9.17) is 5.73 Å². The summed E-state index contributed by atoms with van der Waals surface area (Å²) in [7, 11) is 0. The van der Waals surface area contributed by atoms with Crippen molar-refractivity contribution in [2.75, 3.05) is 0 Å². The van der Waals surface area contributed by atoms with Crippen LogP contribution in [-0.4, -0.2) is 4.98 Å². The molecule has 0 saturated carbocycles. The zero-order chi connectivity index (χ0) is 15.0. The van der Waals surface area contributed by atoms with Gasteiger partial charge in [-0.05, 0) is 31.0 Å². The lowest BCUT2D eigenvalue weighted by atomic mass is 9.93. The van der Waals surface area contributed by atoms with Crippen molar-refractivity contribution < 1.29 is 17.6 Å².